The van der Waals surface area contributed by atoms with Gasteiger partial charge in [0.2, 0.25) is 0 Å². The summed E-state index contributed by atoms with van der Waals surface area (Å²) in [6, 6.07) is 10.1. The van der Waals surface area contributed by atoms with E-state index in [9.17, 15) is 9.59 Å². The monoisotopic (exact) mass is 521 g/mol. The number of carbonyl (C=O) groups is 2. The van der Waals surface area contributed by atoms with Gasteiger partial charge in [-0.3, -0.25) is 9.47 Å². The van der Waals surface area contributed by atoms with E-state index in [0.717, 1.165) is 64.8 Å². The molecule has 1 unspecified atom stereocenters. The third kappa shape index (κ3) is 5.50. The lowest BCUT2D eigenvalue weighted by Gasteiger charge is -2.37. The highest BCUT2D eigenvalue weighted by Gasteiger charge is 2.28. The molecule has 1 saturated heterocycles. The van der Waals surface area contributed by atoms with Crippen LogP contribution in [0.4, 0.5) is 10.5 Å². The summed E-state index contributed by atoms with van der Waals surface area (Å²) in [4.78, 5) is 27.7. The maximum atomic E-state index is 13.0. The molecule has 1 atom stereocenters. The molecule has 4 rings (SSSR count). The molecule has 1 fully saturated rings. The Bertz CT molecular complexity index is 1340. The fourth-order valence-corrected chi connectivity index (χ4v) is 5.40. The average Bonchev–Trinajstić information content (AvgIpc) is 3.35. The van der Waals surface area contributed by atoms with E-state index in [1.54, 1.807) is 17.9 Å². The quantitative estimate of drug-likeness (QED) is 0.381. The number of methoxy groups -OCH3 is 2. The lowest BCUT2D eigenvalue weighted by molar-refractivity contribution is 0.0542. The van der Waals surface area contributed by atoms with Gasteiger partial charge in [-0.2, -0.15) is 0 Å². The van der Waals surface area contributed by atoms with Crippen molar-refractivity contribution in [3.05, 3.63) is 58.8 Å². The Balaban J connectivity index is 1.73. The summed E-state index contributed by atoms with van der Waals surface area (Å²) < 4.78 is 18.1. The molecule has 0 radical (unpaired) electrons. The second-order valence-electron chi connectivity index (χ2n) is 10.8. The fraction of sp³-hybridized carbons (Fsp3) is 0.467. The topological polar surface area (TPSA) is 82.0 Å². The van der Waals surface area contributed by atoms with Gasteiger partial charge in [0.25, 0.3) is 0 Å². The van der Waals surface area contributed by atoms with Crippen LogP contribution in [0.3, 0.4) is 0 Å². The molecule has 0 spiro atoms. The van der Waals surface area contributed by atoms with Crippen LogP contribution in [0.1, 0.15) is 73.1 Å². The summed E-state index contributed by atoms with van der Waals surface area (Å²) >= 11 is 0. The van der Waals surface area contributed by atoms with Crippen molar-refractivity contribution >= 4 is 28.7 Å². The summed E-state index contributed by atoms with van der Waals surface area (Å²) in [5.41, 5.74) is 4.66. The van der Waals surface area contributed by atoms with Crippen LogP contribution in [-0.4, -0.2) is 54.9 Å². The minimum Gasteiger partial charge on any atom is -0.496 e. The second kappa shape index (κ2) is 11.1. The third-order valence-corrected chi connectivity index (χ3v) is 7.12. The summed E-state index contributed by atoms with van der Waals surface area (Å²) in [5.74, 6) is 0.445. The van der Waals surface area contributed by atoms with Crippen LogP contribution in [0.5, 0.6) is 5.75 Å². The molecule has 0 bridgehead atoms. The number of ether oxygens (including phenoxy) is 3. The molecule has 0 amide bonds. The van der Waals surface area contributed by atoms with Crippen LogP contribution in [-0.2, 0) is 16.0 Å². The van der Waals surface area contributed by atoms with Gasteiger partial charge in [0.1, 0.15) is 11.4 Å². The highest BCUT2D eigenvalue weighted by atomic mass is 16.6. The van der Waals surface area contributed by atoms with Gasteiger partial charge in [0.15, 0.2) is 0 Å². The number of rotatable bonds is 6. The molecule has 3 aromatic rings. The van der Waals surface area contributed by atoms with Crippen LogP contribution in [0.25, 0.3) is 10.9 Å². The number of hydrogen-bond acceptors (Lipinski definition) is 7. The molecule has 0 saturated carbocycles. The SMILES string of the molecule is CNc1cc(C2CCCCN2Cc2c(OC)cc(C)c3c2ccn3C(=O)OC(C)(C)C)ccc1C(=O)OC. The first kappa shape index (κ1) is 27.5. The van der Waals surface area contributed by atoms with E-state index in [1.807, 2.05) is 59.0 Å². The van der Waals surface area contributed by atoms with Gasteiger partial charge in [-0.15, -0.1) is 0 Å². The molecular weight excluding hydrogens is 482 g/mol. The lowest BCUT2D eigenvalue weighted by atomic mass is 9.92. The largest absolute Gasteiger partial charge is 0.496 e. The predicted molar refractivity (Wildman–Crippen MR) is 149 cm³/mol. The Morgan fingerprint density at radius 2 is 1.87 bits per heavy atom. The Kier molecular flexibility index (Phi) is 8.02. The van der Waals surface area contributed by atoms with Gasteiger partial charge in [-0.05, 0) is 82.5 Å². The summed E-state index contributed by atoms with van der Waals surface area (Å²) in [5, 5.41) is 4.13. The van der Waals surface area contributed by atoms with Crippen LogP contribution in [0, 0.1) is 6.92 Å². The number of piperidine rings is 1. The molecule has 1 aliphatic rings. The fourth-order valence-electron chi connectivity index (χ4n) is 5.40. The minimum absolute atomic E-state index is 0.177. The molecule has 1 N–H and O–H groups in total. The van der Waals surface area contributed by atoms with Crippen molar-refractivity contribution in [1.82, 2.24) is 9.47 Å². The van der Waals surface area contributed by atoms with Crippen molar-refractivity contribution in [1.29, 1.82) is 0 Å². The number of hydrogen-bond donors (Lipinski definition) is 1. The van der Waals surface area contributed by atoms with Gasteiger partial charge in [-0.1, -0.05) is 12.5 Å². The number of likely N-dealkylation sites (tertiary alicyclic amines) is 1. The zero-order valence-electron chi connectivity index (χ0n) is 23.5. The smallest absolute Gasteiger partial charge is 0.419 e. The molecule has 204 valence electrons. The maximum Gasteiger partial charge on any atom is 0.419 e. The van der Waals surface area contributed by atoms with Gasteiger partial charge in [-0.25, -0.2) is 9.59 Å². The van der Waals surface area contributed by atoms with Crippen LogP contribution in [0.2, 0.25) is 0 Å². The summed E-state index contributed by atoms with van der Waals surface area (Å²) in [6.45, 7) is 9.18. The Morgan fingerprint density at radius 3 is 2.53 bits per heavy atom. The number of nitrogens with one attached hydrogen (secondary N) is 1. The predicted octanol–water partition coefficient (Wildman–Crippen LogP) is 6.30. The van der Waals surface area contributed by atoms with Crippen LogP contribution < -0.4 is 10.1 Å². The summed E-state index contributed by atoms with van der Waals surface area (Å²) in [6.07, 6.45) is 4.63. The van der Waals surface area contributed by atoms with E-state index in [-0.39, 0.29) is 12.0 Å². The number of aromatic nitrogens is 1. The van der Waals surface area contributed by atoms with Gasteiger partial charge < -0.3 is 19.5 Å². The van der Waals surface area contributed by atoms with Crippen molar-refractivity contribution in [2.24, 2.45) is 0 Å². The Morgan fingerprint density at radius 1 is 1.11 bits per heavy atom. The molecule has 0 aliphatic carbocycles. The molecule has 1 aliphatic heterocycles. The zero-order valence-corrected chi connectivity index (χ0v) is 23.5. The van der Waals surface area contributed by atoms with E-state index in [0.29, 0.717) is 12.1 Å². The highest BCUT2D eigenvalue weighted by molar-refractivity contribution is 5.96. The second-order valence-corrected chi connectivity index (χ2v) is 10.8. The molecule has 1 aromatic heterocycles. The first-order valence-electron chi connectivity index (χ1n) is 13.1. The molecule has 38 heavy (non-hydrogen) atoms. The normalized spacial score (nSPS) is 16.3. The lowest BCUT2D eigenvalue weighted by Crippen LogP contribution is -2.33. The van der Waals surface area contributed by atoms with Crippen LogP contribution >= 0.6 is 0 Å². The van der Waals surface area contributed by atoms with Crippen molar-refractivity contribution in [3.8, 4) is 5.75 Å². The van der Waals surface area contributed by atoms with Crippen LogP contribution in [0.15, 0.2) is 36.5 Å². The van der Waals surface area contributed by atoms with Crippen molar-refractivity contribution in [2.75, 3.05) is 33.1 Å². The number of benzene rings is 2. The molecular formula is C30H39N3O5. The van der Waals surface area contributed by atoms with Crippen molar-refractivity contribution < 1.29 is 23.8 Å². The number of nitrogens with zero attached hydrogens (tertiary/aromatic N) is 2. The summed E-state index contributed by atoms with van der Waals surface area (Å²) in [7, 11) is 4.89. The number of aryl methyl sites for hydroxylation is 1. The molecule has 8 heteroatoms. The van der Waals surface area contributed by atoms with Crippen molar-refractivity contribution in [3.63, 3.8) is 0 Å². The van der Waals surface area contributed by atoms with E-state index >= 15 is 0 Å². The molecule has 2 heterocycles. The van der Waals surface area contributed by atoms with E-state index < -0.39 is 11.7 Å². The first-order valence-corrected chi connectivity index (χ1v) is 13.1. The third-order valence-electron chi connectivity index (χ3n) is 7.12. The van der Waals surface area contributed by atoms with Crippen molar-refractivity contribution in [2.45, 2.75) is 65.1 Å². The van der Waals surface area contributed by atoms with Gasteiger partial charge in [0, 0.05) is 42.5 Å². The van der Waals surface area contributed by atoms with Gasteiger partial charge in [0.05, 0.1) is 25.3 Å². The van der Waals surface area contributed by atoms with E-state index in [4.69, 9.17) is 14.2 Å². The van der Waals surface area contributed by atoms with E-state index in [2.05, 4.69) is 16.3 Å². The number of fused-ring (bicyclic) bond motifs is 1. The van der Waals surface area contributed by atoms with E-state index in [1.165, 1.54) is 7.11 Å². The maximum absolute atomic E-state index is 13.0. The zero-order chi connectivity index (χ0) is 27.6. The molecule has 2 aromatic carbocycles. The average molecular weight is 522 g/mol. The highest BCUT2D eigenvalue weighted by Crippen LogP contribution is 2.38. The first-order chi connectivity index (χ1) is 18.1. The number of anilines is 1. The Labute approximate surface area is 224 Å². The Hall–Kier alpha value is -3.52. The van der Waals surface area contributed by atoms with Gasteiger partial charge >= 0.3 is 12.1 Å². The minimum atomic E-state index is -0.590. The standard InChI is InChI=1S/C30H39N3O5/c1-19-16-26(36-6)23(21-13-15-33(27(19)21)29(35)38-30(2,3)4)18-32-14-9-8-10-25(32)20-11-12-22(28(34)37-7)24(17-20)31-5/h11-13,15-17,25,31H,8-10,14,18H2,1-7H3. The molecule has 8 nitrogen and oxygen atoms in total. The number of carbonyl (C=O) groups excluding carboxylic acids is 2. The number of esters is 1.